The van der Waals surface area contributed by atoms with Crippen LogP contribution in [-0.2, 0) is 4.79 Å². The molecule has 20 heavy (non-hydrogen) atoms. The van der Waals surface area contributed by atoms with Gasteiger partial charge in [-0.25, -0.2) is 0 Å². The first-order chi connectivity index (χ1) is 9.38. The van der Waals surface area contributed by atoms with Crippen LogP contribution < -0.4 is 5.32 Å². The summed E-state index contributed by atoms with van der Waals surface area (Å²) in [7, 11) is 0. The number of nitrogens with zero attached hydrogens (tertiary/aromatic N) is 1. The summed E-state index contributed by atoms with van der Waals surface area (Å²) in [5.41, 5.74) is -0.317. The van der Waals surface area contributed by atoms with Gasteiger partial charge in [0.1, 0.15) is 5.56 Å². The first-order valence-corrected chi connectivity index (χ1v) is 6.65. The van der Waals surface area contributed by atoms with E-state index in [9.17, 15) is 19.7 Å². The predicted octanol–water partition coefficient (Wildman–Crippen LogP) is 1.95. The second-order valence-electron chi connectivity index (χ2n) is 4.60. The Balaban J connectivity index is 2.07. The van der Waals surface area contributed by atoms with Crippen LogP contribution in [0.1, 0.15) is 23.2 Å². The van der Waals surface area contributed by atoms with E-state index in [4.69, 9.17) is 5.11 Å². The smallest absolute Gasteiger partial charge is 0.306 e. The van der Waals surface area contributed by atoms with Crippen molar-refractivity contribution in [2.24, 2.45) is 5.92 Å². The van der Waals surface area contributed by atoms with Gasteiger partial charge in [0, 0.05) is 16.6 Å². The van der Waals surface area contributed by atoms with Gasteiger partial charge in [0.25, 0.3) is 11.6 Å². The number of hydrogen-bond donors (Lipinski definition) is 2. The number of amides is 1. The lowest BCUT2D eigenvalue weighted by Gasteiger charge is -2.32. The number of carboxylic acid groups (broad SMARTS) is 1. The number of benzene rings is 1. The number of nitrogens with one attached hydrogen (secondary N) is 1. The molecule has 106 valence electrons. The SMILES string of the molecule is O=C(NC1CC(C(=O)O)C1)c1ccc(Br)cc1[N+](=O)[O-]. The van der Waals surface area contributed by atoms with Gasteiger partial charge in [0.15, 0.2) is 0 Å². The van der Waals surface area contributed by atoms with Gasteiger partial charge in [-0.05, 0) is 25.0 Å². The summed E-state index contributed by atoms with van der Waals surface area (Å²) in [5.74, 6) is -1.89. The first-order valence-electron chi connectivity index (χ1n) is 5.86. The van der Waals surface area contributed by atoms with Crippen molar-refractivity contribution in [1.29, 1.82) is 0 Å². The highest BCUT2D eigenvalue weighted by molar-refractivity contribution is 9.10. The molecule has 0 bridgehead atoms. The molecule has 2 rings (SSSR count). The van der Waals surface area contributed by atoms with Gasteiger partial charge in [0.05, 0.1) is 10.8 Å². The summed E-state index contributed by atoms with van der Waals surface area (Å²) < 4.78 is 0.510. The van der Waals surface area contributed by atoms with Crippen LogP contribution in [0.3, 0.4) is 0 Å². The van der Waals surface area contributed by atoms with E-state index in [0.717, 1.165) is 0 Å². The molecule has 0 heterocycles. The molecule has 1 aliphatic carbocycles. The van der Waals surface area contributed by atoms with Gasteiger partial charge in [-0.3, -0.25) is 19.7 Å². The molecule has 1 aliphatic rings. The lowest BCUT2D eigenvalue weighted by atomic mass is 9.80. The number of hydrogen-bond acceptors (Lipinski definition) is 4. The molecule has 8 heteroatoms. The van der Waals surface area contributed by atoms with Crippen LogP contribution in [0.2, 0.25) is 0 Å². The number of nitro groups is 1. The summed E-state index contributed by atoms with van der Waals surface area (Å²) in [5, 5.41) is 22.3. The molecule has 7 nitrogen and oxygen atoms in total. The zero-order valence-electron chi connectivity index (χ0n) is 10.2. The van der Waals surface area contributed by atoms with Crippen molar-refractivity contribution in [3.05, 3.63) is 38.3 Å². The van der Waals surface area contributed by atoms with Crippen molar-refractivity contribution in [2.75, 3.05) is 0 Å². The molecule has 1 amide bonds. The van der Waals surface area contributed by atoms with Gasteiger partial charge in [-0.2, -0.15) is 0 Å². The molecule has 1 aromatic carbocycles. The number of carbonyl (C=O) groups is 2. The van der Waals surface area contributed by atoms with E-state index >= 15 is 0 Å². The number of nitro benzene ring substituents is 1. The van der Waals surface area contributed by atoms with E-state index in [1.165, 1.54) is 12.1 Å². The Morgan fingerprint density at radius 1 is 1.40 bits per heavy atom. The molecule has 0 unspecified atom stereocenters. The van der Waals surface area contributed by atoms with E-state index in [2.05, 4.69) is 21.2 Å². The fraction of sp³-hybridized carbons (Fsp3) is 0.333. The van der Waals surface area contributed by atoms with Gasteiger partial charge >= 0.3 is 5.97 Å². The van der Waals surface area contributed by atoms with Crippen LogP contribution in [0.4, 0.5) is 5.69 Å². The number of rotatable bonds is 4. The average molecular weight is 343 g/mol. The van der Waals surface area contributed by atoms with E-state index in [0.29, 0.717) is 17.3 Å². The number of carboxylic acids is 1. The Labute approximate surface area is 122 Å². The van der Waals surface area contributed by atoms with Crippen molar-refractivity contribution < 1.29 is 19.6 Å². The number of carbonyl (C=O) groups excluding carboxylic acids is 1. The largest absolute Gasteiger partial charge is 0.481 e. The van der Waals surface area contributed by atoms with Gasteiger partial charge < -0.3 is 10.4 Å². The predicted molar refractivity (Wildman–Crippen MR) is 72.4 cm³/mol. The molecule has 0 aliphatic heterocycles. The molecule has 0 radical (unpaired) electrons. The molecule has 1 aromatic rings. The Morgan fingerprint density at radius 2 is 2.05 bits per heavy atom. The molecule has 0 saturated heterocycles. The average Bonchev–Trinajstić information content (AvgIpc) is 2.32. The van der Waals surface area contributed by atoms with Crippen molar-refractivity contribution >= 4 is 33.5 Å². The molecule has 1 fully saturated rings. The van der Waals surface area contributed by atoms with Crippen LogP contribution in [0, 0.1) is 16.0 Å². The summed E-state index contributed by atoms with van der Waals surface area (Å²) in [6.07, 6.45) is 0.705. The Bertz CT molecular complexity index is 583. The second-order valence-corrected chi connectivity index (χ2v) is 5.51. The lowest BCUT2D eigenvalue weighted by molar-refractivity contribution is -0.385. The standard InChI is InChI=1S/C12H11BrN2O5/c13-7-1-2-9(10(5-7)15(19)20)11(16)14-8-3-6(4-8)12(17)18/h1-2,5-6,8H,3-4H2,(H,14,16)(H,17,18). The maximum Gasteiger partial charge on any atom is 0.306 e. The number of halogens is 1. The van der Waals surface area contributed by atoms with Crippen molar-refractivity contribution in [3.8, 4) is 0 Å². The maximum atomic E-state index is 12.0. The van der Waals surface area contributed by atoms with E-state index in [-0.39, 0.29) is 17.3 Å². The van der Waals surface area contributed by atoms with Crippen molar-refractivity contribution in [1.82, 2.24) is 5.32 Å². The maximum absolute atomic E-state index is 12.0. The summed E-state index contributed by atoms with van der Waals surface area (Å²) in [6.45, 7) is 0. The van der Waals surface area contributed by atoms with Crippen LogP contribution >= 0.6 is 15.9 Å². The third-order valence-electron chi connectivity index (χ3n) is 3.22. The van der Waals surface area contributed by atoms with E-state index in [1.54, 1.807) is 6.07 Å². The highest BCUT2D eigenvalue weighted by Gasteiger charge is 2.36. The second kappa shape index (κ2) is 5.58. The van der Waals surface area contributed by atoms with E-state index in [1.807, 2.05) is 0 Å². The highest BCUT2D eigenvalue weighted by Crippen LogP contribution is 2.29. The van der Waals surface area contributed by atoms with Crippen LogP contribution in [0.25, 0.3) is 0 Å². The molecular weight excluding hydrogens is 332 g/mol. The van der Waals surface area contributed by atoms with Gasteiger partial charge in [0.2, 0.25) is 0 Å². The van der Waals surface area contributed by atoms with E-state index < -0.39 is 22.7 Å². The Morgan fingerprint density at radius 3 is 2.60 bits per heavy atom. The normalized spacial score (nSPS) is 20.9. The Kier molecular flexibility index (Phi) is 4.03. The zero-order chi connectivity index (χ0) is 14.9. The molecule has 0 atom stereocenters. The summed E-state index contributed by atoms with van der Waals surface area (Å²) in [6, 6.07) is 3.93. The Hall–Kier alpha value is -1.96. The minimum atomic E-state index is -0.884. The molecule has 1 saturated carbocycles. The zero-order valence-corrected chi connectivity index (χ0v) is 11.8. The van der Waals surface area contributed by atoms with Crippen molar-refractivity contribution in [3.63, 3.8) is 0 Å². The first kappa shape index (κ1) is 14.4. The van der Waals surface area contributed by atoms with Gasteiger partial charge in [-0.1, -0.05) is 15.9 Å². The van der Waals surface area contributed by atoms with Crippen LogP contribution in [0.15, 0.2) is 22.7 Å². The highest BCUT2D eigenvalue weighted by atomic mass is 79.9. The minimum absolute atomic E-state index is 0.0306. The molecule has 2 N–H and O–H groups in total. The quantitative estimate of drug-likeness (QED) is 0.641. The lowest BCUT2D eigenvalue weighted by Crippen LogP contribution is -2.46. The minimum Gasteiger partial charge on any atom is -0.481 e. The van der Waals surface area contributed by atoms with Crippen molar-refractivity contribution in [2.45, 2.75) is 18.9 Å². The summed E-state index contributed by atoms with van der Waals surface area (Å²) in [4.78, 5) is 32.9. The monoisotopic (exact) mass is 342 g/mol. The molecule has 0 spiro atoms. The fourth-order valence-electron chi connectivity index (χ4n) is 2.05. The van der Waals surface area contributed by atoms with Gasteiger partial charge in [-0.15, -0.1) is 0 Å². The summed E-state index contributed by atoms with van der Waals surface area (Å²) >= 11 is 3.11. The number of aliphatic carboxylic acids is 1. The van der Waals surface area contributed by atoms with Crippen LogP contribution in [-0.4, -0.2) is 27.9 Å². The van der Waals surface area contributed by atoms with Crippen LogP contribution in [0.5, 0.6) is 0 Å². The molecule has 0 aromatic heterocycles. The topological polar surface area (TPSA) is 110 Å². The fourth-order valence-corrected chi connectivity index (χ4v) is 2.40. The molecular formula is C12H11BrN2O5. The third-order valence-corrected chi connectivity index (χ3v) is 3.72. The third kappa shape index (κ3) is 2.96.